The molecular formula is C21H24N4O6S. The lowest BCUT2D eigenvalue weighted by Gasteiger charge is -2.36. The number of amidine groups is 1. The van der Waals surface area contributed by atoms with Crippen molar-refractivity contribution in [3.8, 4) is 5.75 Å². The van der Waals surface area contributed by atoms with Crippen LogP contribution in [-0.2, 0) is 24.3 Å². The number of ether oxygens (including phenoxy) is 2. The SMILES string of the molecule is COc1ccc(N2CCN(C(=O)COC(=O)C3=CN4CCS(=O)(=O)N=C4C=C3)CC2)cc1. The maximum Gasteiger partial charge on any atom is 0.340 e. The number of anilines is 1. The van der Waals surface area contributed by atoms with Crippen LogP contribution in [0.3, 0.4) is 0 Å². The molecule has 0 bridgehead atoms. The molecule has 0 spiro atoms. The van der Waals surface area contributed by atoms with E-state index in [0.717, 1.165) is 11.4 Å². The predicted molar refractivity (Wildman–Crippen MR) is 118 cm³/mol. The van der Waals surface area contributed by atoms with Crippen LogP contribution < -0.4 is 9.64 Å². The van der Waals surface area contributed by atoms with Crippen LogP contribution in [0.5, 0.6) is 5.75 Å². The van der Waals surface area contributed by atoms with Gasteiger partial charge >= 0.3 is 5.97 Å². The minimum absolute atomic E-state index is 0.121. The van der Waals surface area contributed by atoms with E-state index in [9.17, 15) is 18.0 Å². The van der Waals surface area contributed by atoms with E-state index in [4.69, 9.17) is 9.47 Å². The first kappa shape index (κ1) is 21.9. The van der Waals surface area contributed by atoms with Crippen molar-refractivity contribution < 1.29 is 27.5 Å². The number of hydrogen-bond donors (Lipinski definition) is 0. The number of fused-ring (bicyclic) bond motifs is 1. The van der Waals surface area contributed by atoms with Gasteiger partial charge in [0.25, 0.3) is 15.9 Å². The molecule has 3 aliphatic heterocycles. The second kappa shape index (κ2) is 9.03. The summed E-state index contributed by atoms with van der Waals surface area (Å²) in [6, 6.07) is 7.77. The number of rotatable bonds is 5. The van der Waals surface area contributed by atoms with Gasteiger partial charge in [-0.15, -0.1) is 4.40 Å². The molecule has 1 aromatic rings. The van der Waals surface area contributed by atoms with Gasteiger partial charge in [-0.05, 0) is 36.4 Å². The number of sulfonamides is 1. The molecule has 1 fully saturated rings. The number of piperazine rings is 1. The third-order valence-electron chi connectivity index (χ3n) is 5.46. The molecule has 3 aliphatic rings. The van der Waals surface area contributed by atoms with Crippen LogP contribution in [-0.4, -0.2) is 88.1 Å². The first-order chi connectivity index (χ1) is 15.3. The lowest BCUT2D eigenvalue weighted by Crippen LogP contribution is -2.50. The first-order valence-electron chi connectivity index (χ1n) is 10.2. The van der Waals surface area contributed by atoms with Gasteiger partial charge < -0.3 is 24.2 Å². The molecule has 3 heterocycles. The van der Waals surface area contributed by atoms with Crippen LogP contribution in [0.15, 0.2) is 52.6 Å². The Labute approximate surface area is 186 Å². The van der Waals surface area contributed by atoms with Crippen LogP contribution in [0.25, 0.3) is 0 Å². The van der Waals surface area contributed by atoms with Crippen molar-refractivity contribution in [3.05, 3.63) is 48.2 Å². The molecule has 4 rings (SSSR count). The Hall–Kier alpha value is -3.34. The molecule has 0 unspecified atom stereocenters. The summed E-state index contributed by atoms with van der Waals surface area (Å²) in [5.41, 5.74) is 1.30. The van der Waals surface area contributed by atoms with Gasteiger partial charge in [-0.3, -0.25) is 4.79 Å². The normalized spacial score (nSPS) is 19.6. The average Bonchev–Trinajstić information content (AvgIpc) is 2.81. The maximum atomic E-state index is 12.5. The molecule has 11 heteroatoms. The van der Waals surface area contributed by atoms with Crippen LogP contribution in [0.4, 0.5) is 5.69 Å². The van der Waals surface area contributed by atoms with E-state index in [1.807, 2.05) is 24.3 Å². The van der Waals surface area contributed by atoms with Crippen molar-refractivity contribution in [2.75, 3.05) is 57.1 Å². The van der Waals surface area contributed by atoms with Gasteiger partial charge in [-0.1, -0.05) is 0 Å². The molecule has 0 aromatic heterocycles. The summed E-state index contributed by atoms with van der Waals surface area (Å²) in [5.74, 6) is 0.0441. The van der Waals surface area contributed by atoms with Crippen LogP contribution >= 0.6 is 0 Å². The fourth-order valence-electron chi connectivity index (χ4n) is 3.63. The van der Waals surface area contributed by atoms with Crippen LogP contribution in [0, 0.1) is 0 Å². The average molecular weight is 461 g/mol. The van der Waals surface area contributed by atoms with E-state index in [2.05, 4.69) is 9.30 Å². The smallest absolute Gasteiger partial charge is 0.340 e. The molecule has 0 saturated carbocycles. The number of benzene rings is 1. The van der Waals surface area contributed by atoms with Crippen molar-refractivity contribution in [1.82, 2.24) is 9.80 Å². The topological polar surface area (TPSA) is 109 Å². The summed E-state index contributed by atoms with van der Waals surface area (Å²) in [5, 5.41) is 0. The van der Waals surface area contributed by atoms with Gasteiger partial charge in [-0.2, -0.15) is 0 Å². The second-order valence-corrected chi connectivity index (χ2v) is 9.24. The van der Waals surface area contributed by atoms with Gasteiger partial charge in [0, 0.05) is 44.6 Å². The van der Waals surface area contributed by atoms with E-state index in [-0.39, 0.29) is 36.2 Å². The molecule has 0 N–H and O–H groups in total. The van der Waals surface area contributed by atoms with Crippen molar-refractivity contribution in [2.24, 2.45) is 4.40 Å². The second-order valence-electron chi connectivity index (χ2n) is 7.49. The lowest BCUT2D eigenvalue weighted by atomic mass is 10.2. The minimum Gasteiger partial charge on any atom is -0.497 e. The van der Waals surface area contributed by atoms with Crippen molar-refractivity contribution >= 4 is 33.4 Å². The third kappa shape index (κ3) is 4.93. The summed E-state index contributed by atoms with van der Waals surface area (Å²) in [4.78, 5) is 30.3. The Morgan fingerprint density at radius 1 is 1.03 bits per heavy atom. The summed E-state index contributed by atoms with van der Waals surface area (Å²) < 4.78 is 37.2. The van der Waals surface area contributed by atoms with Crippen molar-refractivity contribution in [3.63, 3.8) is 0 Å². The number of esters is 1. The highest BCUT2D eigenvalue weighted by molar-refractivity contribution is 7.90. The van der Waals surface area contributed by atoms with Gasteiger partial charge in [0.1, 0.15) is 11.6 Å². The van der Waals surface area contributed by atoms with Crippen LogP contribution in [0.2, 0.25) is 0 Å². The van der Waals surface area contributed by atoms with E-state index in [1.54, 1.807) is 16.9 Å². The standard InChI is InChI=1S/C21H24N4O6S/c1-30-18-5-3-17(4-6-18)23-8-10-24(11-9-23)20(26)15-31-21(27)16-2-7-19-22-32(28,29)13-12-25(19)14-16/h2-7,14H,8-13,15H2,1H3. The zero-order valence-electron chi connectivity index (χ0n) is 17.6. The first-order valence-corrected chi connectivity index (χ1v) is 11.8. The van der Waals surface area contributed by atoms with Gasteiger partial charge in [-0.25, -0.2) is 13.2 Å². The lowest BCUT2D eigenvalue weighted by molar-refractivity contribution is -0.148. The number of hydrogen-bond acceptors (Lipinski definition) is 8. The molecule has 1 amide bonds. The molecule has 0 radical (unpaired) electrons. The number of methoxy groups -OCH3 is 1. The quantitative estimate of drug-likeness (QED) is 0.581. The Bertz CT molecular complexity index is 1090. The Morgan fingerprint density at radius 3 is 2.44 bits per heavy atom. The van der Waals surface area contributed by atoms with Crippen molar-refractivity contribution in [1.29, 1.82) is 0 Å². The minimum atomic E-state index is -3.46. The summed E-state index contributed by atoms with van der Waals surface area (Å²) in [7, 11) is -1.84. The summed E-state index contributed by atoms with van der Waals surface area (Å²) in [6.45, 7) is 2.29. The molecule has 32 heavy (non-hydrogen) atoms. The maximum absolute atomic E-state index is 12.5. The largest absolute Gasteiger partial charge is 0.497 e. The monoisotopic (exact) mass is 460 g/mol. The number of carbonyl (C=O) groups is 2. The van der Waals surface area contributed by atoms with Gasteiger partial charge in [0.15, 0.2) is 6.61 Å². The predicted octanol–water partition coefficient (Wildman–Crippen LogP) is 0.385. The van der Waals surface area contributed by atoms with Crippen LogP contribution in [0.1, 0.15) is 0 Å². The highest BCUT2D eigenvalue weighted by Crippen LogP contribution is 2.21. The number of carbonyl (C=O) groups excluding carboxylic acids is 2. The van der Waals surface area contributed by atoms with E-state index in [0.29, 0.717) is 26.2 Å². The molecule has 170 valence electrons. The summed E-state index contributed by atoms with van der Waals surface area (Å²) >= 11 is 0. The Kier molecular flexibility index (Phi) is 6.17. The fourth-order valence-corrected chi connectivity index (χ4v) is 4.60. The van der Waals surface area contributed by atoms with Crippen molar-refractivity contribution in [2.45, 2.75) is 0 Å². The molecule has 0 atom stereocenters. The van der Waals surface area contributed by atoms with E-state index < -0.39 is 16.0 Å². The molecule has 0 aliphatic carbocycles. The number of nitrogens with zero attached hydrogens (tertiary/aromatic N) is 4. The Morgan fingerprint density at radius 2 is 1.75 bits per heavy atom. The third-order valence-corrected chi connectivity index (χ3v) is 6.62. The molecule has 10 nitrogen and oxygen atoms in total. The summed E-state index contributed by atoms with van der Waals surface area (Å²) in [6.07, 6.45) is 4.39. The van der Waals surface area contributed by atoms with E-state index in [1.165, 1.54) is 18.4 Å². The molecule has 1 saturated heterocycles. The number of amides is 1. The highest BCUT2D eigenvalue weighted by atomic mass is 32.2. The van der Waals surface area contributed by atoms with Gasteiger partial charge in [0.05, 0.1) is 18.4 Å². The molecule has 1 aromatic carbocycles. The fraction of sp³-hybridized carbons (Fsp3) is 0.381. The van der Waals surface area contributed by atoms with Gasteiger partial charge in [0.2, 0.25) is 0 Å². The zero-order chi connectivity index (χ0) is 22.7. The van der Waals surface area contributed by atoms with E-state index >= 15 is 0 Å². The zero-order valence-corrected chi connectivity index (χ0v) is 18.5. The molecular weight excluding hydrogens is 436 g/mol. The Balaban J connectivity index is 1.26. The highest BCUT2D eigenvalue weighted by Gasteiger charge is 2.26.